The molecule has 0 heterocycles. The van der Waals surface area contributed by atoms with Crippen LogP contribution in [0.4, 0.5) is 0 Å². The number of hydrogen-bond donors (Lipinski definition) is 1. The van der Waals surface area contributed by atoms with E-state index in [1.165, 1.54) is 0 Å². The quantitative estimate of drug-likeness (QED) is 0.223. The summed E-state index contributed by atoms with van der Waals surface area (Å²) in [5.74, 6) is 0.212. The van der Waals surface area contributed by atoms with E-state index in [1.807, 2.05) is 0 Å². The summed E-state index contributed by atoms with van der Waals surface area (Å²) in [7, 11) is -2.51. The molecule has 0 aliphatic carbocycles. The highest BCUT2D eigenvalue weighted by Crippen LogP contribution is 2.28. The Balaban J connectivity index is 4.61. The highest BCUT2D eigenvalue weighted by atomic mass is 35.5. The van der Waals surface area contributed by atoms with Gasteiger partial charge in [0, 0.05) is 6.61 Å². The van der Waals surface area contributed by atoms with Gasteiger partial charge in [-0.1, -0.05) is 13.8 Å². The molecule has 0 aliphatic heterocycles. The third-order valence-corrected chi connectivity index (χ3v) is 11.6. The third-order valence-electron chi connectivity index (χ3n) is 4.10. The second-order valence-electron chi connectivity index (χ2n) is 7.55. The van der Waals surface area contributed by atoms with Crippen LogP contribution in [0.2, 0.25) is 38.3 Å². The van der Waals surface area contributed by atoms with Gasteiger partial charge in [-0.25, -0.2) is 0 Å². The zero-order valence-electron chi connectivity index (χ0n) is 16.1. The van der Waals surface area contributed by atoms with Crippen LogP contribution in [0, 0.1) is 0 Å². The van der Waals surface area contributed by atoms with E-state index in [0.717, 1.165) is 35.2 Å². The second-order valence-corrected chi connectivity index (χ2v) is 18.2. The minimum absolute atomic E-state index is 0.212. The molecule has 0 aromatic rings. The van der Waals surface area contributed by atoms with Gasteiger partial charge in [0.15, 0.2) is 16.6 Å². The van der Waals surface area contributed by atoms with E-state index in [-0.39, 0.29) is 5.88 Å². The molecule has 0 amide bonds. The summed E-state index contributed by atoms with van der Waals surface area (Å²) in [6.45, 7) is 14.3. The first-order valence-electron chi connectivity index (χ1n) is 8.71. The summed E-state index contributed by atoms with van der Waals surface area (Å²) in [5.41, 5.74) is -0.397. The predicted octanol–water partition coefficient (Wildman–Crippen LogP) is 2.89. The average molecular weight is 401 g/mol. The van der Waals surface area contributed by atoms with E-state index in [2.05, 4.69) is 40.0 Å². The molecule has 23 heavy (non-hydrogen) atoms. The summed E-state index contributed by atoms with van der Waals surface area (Å²) < 4.78 is 18.6. The van der Waals surface area contributed by atoms with Crippen molar-refractivity contribution in [2.75, 3.05) is 19.1 Å². The molecule has 0 spiro atoms. The molecule has 0 fully saturated rings. The van der Waals surface area contributed by atoms with E-state index in [9.17, 15) is 5.11 Å². The molecule has 1 N–H and O–H groups in total. The largest absolute Gasteiger partial charge is 0.395 e. The van der Waals surface area contributed by atoms with Crippen molar-refractivity contribution >= 4 is 38.5 Å². The molecule has 1 unspecified atom stereocenters. The van der Waals surface area contributed by atoms with Crippen molar-refractivity contribution in [3.63, 3.8) is 0 Å². The van der Waals surface area contributed by atoms with Gasteiger partial charge in [-0.05, 0) is 51.1 Å². The van der Waals surface area contributed by atoms with Gasteiger partial charge < -0.3 is 18.7 Å². The van der Waals surface area contributed by atoms with E-state index in [4.69, 9.17) is 25.2 Å². The molecule has 0 saturated carbocycles. The Bertz CT molecular complexity index is 312. The maximum absolute atomic E-state index is 9.40. The van der Waals surface area contributed by atoms with E-state index in [0.29, 0.717) is 13.2 Å². The molecule has 4 nitrogen and oxygen atoms in total. The minimum Gasteiger partial charge on any atom is -0.395 e. The molecule has 0 aromatic carbocycles. The van der Waals surface area contributed by atoms with Crippen molar-refractivity contribution in [1.82, 2.24) is 0 Å². The monoisotopic (exact) mass is 400 g/mol. The molecule has 0 radical (unpaired) electrons. The highest BCUT2D eigenvalue weighted by Gasteiger charge is 2.38. The zero-order chi connectivity index (χ0) is 18.1. The first-order valence-corrected chi connectivity index (χ1v) is 16.5. The first-order chi connectivity index (χ1) is 10.5. The number of rotatable bonds is 13. The van der Waals surface area contributed by atoms with Gasteiger partial charge >= 0.3 is 0 Å². The first kappa shape index (κ1) is 23.8. The Hall–Kier alpha value is 0.781. The van der Waals surface area contributed by atoms with Gasteiger partial charge in [0.05, 0.1) is 28.8 Å². The number of halogens is 1. The van der Waals surface area contributed by atoms with Crippen molar-refractivity contribution in [3.05, 3.63) is 0 Å². The summed E-state index contributed by atoms with van der Waals surface area (Å²) in [5, 5.41) is 9.40. The molecule has 1 atom stereocenters. The molecular weight excluding hydrogens is 364 g/mol. The smallest absolute Gasteiger partial charge is 0.189 e. The summed E-state index contributed by atoms with van der Waals surface area (Å²) in [4.78, 5) is 0. The minimum atomic E-state index is -1.68. The fourth-order valence-electron chi connectivity index (χ4n) is 2.20. The lowest BCUT2D eigenvalue weighted by Gasteiger charge is -2.42. The summed E-state index contributed by atoms with van der Waals surface area (Å²) in [6, 6.07) is 2.18. The summed E-state index contributed by atoms with van der Waals surface area (Å²) >= 11 is 5.56. The number of alkyl halides is 1. The van der Waals surface area contributed by atoms with Crippen molar-refractivity contribution in [2.45, 2.75) is 76.5 Å². The molecule has 0 aromatic heterocycles. The van der Waals surface area contributed by atoms with Crippen LogP contribution in [-0.2, 0) is 13.6 Å². The third kappa shape index (κ3) is 11.1. The van der Waals surface area contributed by atoms with Gasteiger partial charge in [-0.15, -0.1) is 11.6 Å². The SMILES string of the molecule is CC[Si](C)(C)OC([SiH3])(CCCOCC(O)CCl)O[Si](C)(C)CC. The lowest BCUT2D eigenvalue weighted by atomic mass is 10.3. The fraction of sp³-hybridized carbons (Fsp3) is 1.00. The molecule has 140 valence electrons. The number of hydrogen-bond acceptors (Lipinski definition) is 4. The molecule has 0 rings (SSSR count). The van der Waals surface area contributed by atoms with Gasteiger partial charge in [0.2, 0.25) is 0 Å². The Morgan fingerprint density at radius 3 is 1.96 bits per heavy atom. The average Bonchev–Trinajstić information content (AvgIpc) is 2.45. The molecular formula is C15H37ClO4Si3. The van der Waals surface area contributed by atoms with Crippen LogP contribution >= 0.6 is 11.6 Å². The van der Waals surface area contributed by atoms with E-state index < -0.39 is 28.1 Å². The maximum Gasteiger partial charge on any atom is 0.189 e. The Kier molecular flexibility index (Phi) is 11.1. The van der Waals surface area contributed by atoms with Gasteiger partial charge in [0.25, 0.3) is 0 Å². The van der Waals surface area contributed by atoms with Crippen LogP contribution in [0.5, 0.6) is 0 Å². The van der Waals surface area contributed by atoms with Crippen molar-refractivity contribution in [1.29, 1.82) is 0 Å². The predicted molar refractivity (Wildman–Crippen MR) is 108 cm³/mol. The van der Waals surface area contributed by atoms with Crippen LogP contribution in [0.25, 0.3) is 0 Å². The van der Waals surface area contributed by atoms with Crippen LogP contribution in [0.3, 0.4) is 0 Å². The van der Waals surface area contributed by atoms with Gasteiger partial charge in [-0.3, -0.25) is 0 Å². The van der Waals surface area contributed by atoms with Crippen molar-refractivity contribution < 1.29 is 18.7 Å². The highest BCUT2D eigenvalue weighted by molar-refractivity contribution is 6.72. The van der Waals surface area contributed by atoms with Crippen LogP contribution < -0.4 is 0 Å². The number of aliphatic hydroxyl groups excluding tert-OH is 1. The Morgan fingerprint density at radius 2 is 1.57 bits per heavy atom. The van der Waals surface area contributed by atoms with Gasteiger partial charge in [0.1, 0.15) is 5.41 Å². The maximum atomic E-state index is 9.40. The molecule has 0 saturated heterocycles. The number of aliphatic hydroxyl groups is 1. The lowest BCUT2D eigenvalue weighted by Crippen LogP contribution is -2.52. The Labute approximate surface area is 152 Å². The van der Waals surface area contributed by atoms with E-state index >= 15 is 0 Å². The van der Waals surface area contributed by atoms with Crippen molar-refractivity contribution in [3.8, 4) is 0 Å². The lowest BCUT2D eigenvalue weighted by molar-refractivity contribution is -0.0658. The van der Waals surface area contributed by atoms with E-state index in [1.54, 1.807) is 0 Å². The molecule has 8 heteroatoms. The fourth-order valence-corrected chi connectivity index (χ4v) is 8.95. The number of ether oxygens (including phenoxy) is 1. The van der Waals surface area contributed by atoms with Crippen molar-refractivity contribution in [2.24, 2.45) is 0 Å². The normalized spacial score (nSPS) is 15.1. The van der Waals surface area contributed by atoms with Crippen LogP contribution in [0.15, 0.2) is 0 Å². The molecule has 0 bridgehead atoms. The topological polar surface area (TPSA) is 47.9 Å². The second kappa shape index (κ2) is 10.7. The van der Waals surface area contributed by atoms with Gasteiger partial charge in [-0.2, -0.15) is 0 Å². The standard InChI is InChI=1S/C15H37ClO4Si3/c1-7-22(3,4)19-15(21,20-23(5,6)8-2)10-9-11-18-13-14(17)12-16/h14,17H,7-13H2,1-6,21H3. The van der Waals surface area contributed by atoms with Crippen LogP contribution in [-0.4, -0.2) is 62.6 Å². The Morgan fingerprint density at radius 1 is 1.09 bits per heavy atom. The van der Waals surface area contributed by atoms with Crippen LogP contribution in [0.1, 0.15) is 26.7 Å². The zero-order valence-corrected chi connectivity index (χ0v) is 20.8. The summed E-state index contributed by atoms with van der Waals surface area (Å²) in [6.07, 6.45) is 1.16. The molecule has 0 aliphatic rings.